The van der Waals surface area contributed by atoms with Crippen molar-refractivity contribution in [1.82, 2.24) is 5.32 Å². The van der Waals surface area contributed by atoms with Gasteiger partial charge in [-0.1, -0.05) is 18.5 Å². The largest absolute Gasteiger partial charge is 0.495 e. The molecular formula is C14H21ClN2O2. The molecule has 0 aliphatic heterocycles. The van der Waals surface area contributed by atoms with Crippen molar-refractivity contribution in [3.05, 3.63) is 22.7 Å². The number of ether oxygens (including phenoxy) is 1. The molecule has 1 aromatic rings. The molecule has 2 N–H and O–H groups in total. The number of hydrogen-bond acceptors (Lipinski definition) is 3. The minimum atomic E-state index is -0.0383. The van der Waals surface area contributed by atoms with Crippen LogP contribution < -0.4 is 15.4 Å². The van der Waals surface area contributed by atoms with Crippen LogP contribution in [0.1, 0.15) is 25.3 Å². The van der Waals surface area contributed by atoms with Gasteiger partial charge in [-0.25, -0.2) is 0 Å². The summed E-state index contributed by atoms with van der Waals surface area (Å²) in [5.41, 5.74) is 1.56. The van der Waals surface area contributed by atoms with E-state index in [1.54, 1.807) is 13.2 Å². The Morgan fingerprint density at radius 2 is 2.11 bits per heavy atom. The van der Waals surface area contributed by atoms with Crippen LogP contribution in [0.3, 0.4) is 0 Å². The topological polar surface area (TPSA) is 50.4 Å². The van der Waals surface area contributed by atoms with E-state index < -0.39 is 0 Å². The molecule has 4 nitrogen and oxygen atoms in total. The Hall–Kier alpha value is -1.26. The first-order valence-electron chi connectivity index (χ1n) is 6.43. The molecule has 0 radical (unpaired) electrons. The molecule has 1 amide bonds. The zero-order valence-electron chi connectivity index (χ0n) is 11.7. The van der Waals surface area contributed by atoms with Gasteiger partial charge in [0.1, 0.15) is 5.75 Å². The Bertz CT molecular complexity index is 436. The van der Waals surface area contributed by atoms with Crippen molar-refractivity contribution in [3.63, 3.8) is 0 Å². The molecular weight excluding hydrogens is 264 g/mol. The highest BCUT2D eigenvalue weighted by molar-refractivity contribution is 6.31. The average molecular weight is 285 g/mol. The number of carbonyl (C=O) groups excluding carboxylic acids is 1. The first-order chi connectivity index (χ1) is 9.08. The quantitative estimate of drug-likeness (QED) is 0.757. The van der Waals surface area contributed by atoms with E-state index in [1.807, 2.05) is 13.0 Å². The van der Waals surface area contributed by atoms with Crippen LogP contribution in [0, 0.1) is 6.92 Å². The minimum Gasteiger partial charge on any atom is -0.495 e. The van der Waals surface area contributed by atoms with Gasteiger partial charge in [0.2, 0.25) is 5.91 Å². The summed E-state index contributed by atoms with van der Waals surface area (Å²) in [5.74, 6) is 0.536. The number of halogens is 1. The minimum absolute atomic E-state index is 0.0383. The lowest BCUT2D eigenvalue weighted by Gasteiger charge is -2.12. The molecule has 106 valence electrons. The van der Waals surface area contributed by atoms with Crippen molar-refractivity contribution in [2.45, 2.75) is 26.7 Å². The Morgan fingerprint density at radius 1 is 1.37 bits per heavy atom. The highest BCUT2D eigenvalue weighted by Gasteiger charge is 2.10. The fourth-order valence-corrected chi connectivity index (χ4v) is 1.80. The summed E-state index contributed by atoms with van der Waals surface area (Å²) in [6.07, 6.45) is 1.50. The van der Waals surface area contributed by atoms with E-state index >= 15 is 0 Å². The van der Waals surface area contributed by atoms with Crippen molar-refractivity contribution < 1.29 is 9.53 Å². The van der Waals surface area contributed by atoms with Crippen LogP contribution in [-0.4, -0.2) is 26.1 Å². The smallest absolute Gasteiger partial charge is 0.225 e. The molecule has 1 aromatic carbocycles. The van der Waals surface area contributed by atoms with Crippen molar-refractivity contribution in [3.8, 4) is 5.75 Å². The second-order valence-electron chi connectivity index (χ2n) is 4.35. The molecule has 5 heteroatoms. The van der Waals surface area contributed by atoms with Gasteiger partial charge in [0.05, 0.1) is 12.8 Å². The summed E-state index contributed by atoms with van der Waals surface area (Å²) in [4.78, 5) is 11.8. The van der Waals surface area contributed by atoms with Crippen LogP contribution in [0.25, 0.3) is 0 Å². The van der Waals surface area contributed by atoms with Crippen LogP contribution in [0.15, 0.2) is 12.1 Å². The van der Waals surface area contributed by atoms with E-state index in [9.17, 15) is 4.79 Å². The number of methoxy groups -OCH3 is 1. The monoisotopic (exact) mass is 284 g/mol. The Labute approximate surface area is 119 Å². The second kappa shape index (κ2) is 8.02. The summed E-state index contributed by atoms with van der Waals surface area (Å²) in [6.45, 7) is 5.58. The maximum atomic E-state index is 11.8. The zero-order valence-corrected chi connectivity index (χ0v) is 12.4. The van der Waals surface area contributed by atoms with Crippen LogP contribution >= 0.6 is 11.6 Å². The van der Waals surface area contributed by atoms with Gasteiger partial charge < -0.3 is 15.4 Å². The molecule has 0 aliphatic rings. The van der Waals surface area contributed by atoms with E-state index in [2.05, 4.69) is 17.6 Å². The predicted molar refractivity (Wildman–Crippen MR) is 79.1 cm³/mol. The lowest BCUT2D eigenvalue weighted by molar-refractivity contribution is -0.116. The van der Waals surface area contributed by atoms with Crippen molar-refractivity contribution in [2.75, 3.05) is 25.5 Å². The highest BCUT2D eigenvalue weighted by Crippen LogP contribution is 2.30. The first-order valence-corrected chi connectivity index (χ1v) is 6.81. The maximum Gasteiger partial charge on any atom is 0.225 e. The van der Waals surface area contributed by atoms with Gasteiger partial charge in [-0.15, -0.1) is 0 Å². The van der Waals surface area contributed by atoms with Crippen molar-refractivity contribution >= 4 is 23.2 Å². The predicted octanol–water partition coefficient (Wildman–Crippen LogP) is 2.99. The maximum absolute atomic E-state index is 11.8. The number of benzene rings is 1. The molecule has 1 rings (SSSR count). The van der Waals surface area contributed by atoms with Crippen LogP contribution in [0.4, 0.5) is 5.69 Å². The van der Waals surface area contributed by atoms with Crippen LogP contribution in [0.2, 0.25) is 5.02 Å². The lowest BCUT2D eigenvalue weighted by Crippen LogP contribution is -2.22. The second-order valence-corrected chi connectivity index (χ2v) is 4.76. The van der Waals surface area contributed by atoms with E-state index in [-0.39, 0.29) is 5.91 Å². The summed E-state index contributed by atoms with van der Waals surface area (Å²) < 4.78 is 5.21. The number of amides is 1. The summed E-state index contributed by atoms with van der Waals surface area (Å²) in [6, 6.07) is 3.53. The number of nitrogens with one attached hydrogen (secondary N) is 2. The molecule has 0 bridgehead atoms. The fourth-order valence-electron chi connectivity index (χ4n) is 1.65. The van der Waals surface area contributed by atoms with E-state index in [4.69, 9.17) is 16.3 Å². The van der Waals surface area contributed by atoms with Gasteiger partial charge in [-0.05, 0) is 31.5 Å². The molecule has 0 unspecified atom stereocenters. The Kier molecular flexibility index (Phi) is 6.67. The molecule has 0 fully saturated rings. The lowest BCUT2D eigenvalue weighted by atomic mass is 10.2. The van der Waals surface area contributed by atoms with E-state index in [0.29, 0.717) is 29.4 Å². The van der Waals surface area contributed by atoms with Gasteiger partial charge >= 0.3 is 0 Å². The van der Waals surface area contributed by atoms with Crippen LogP contribution in [0.5, 0.6) is 5.75 Å². The van der Waals surface area contributed by atoms with Gasteiger partial charge in [-0.2, -0.15) is 0 Å². The SMILES string of the molecule is CCCNCCC(=O)Nc1cc(C)c(Cl)cc1OC. The highest BCUT2D eigenvalue weighted by atomic mass is 35.5. The number of aryl methyl sites for hydroxylation is 1. The summed E-state index contributed by atoms with van der Waals surface area (Å²) in [5, 5.41) is 6.66. The van der Waals surface area contributed by atoms with Gasteiger partial charge in [0.25, 0.3) is 0 Å². The molecule has 0 atom stereocenters. The third-order valence-electron chi connectivity index (χ3n) is 2.71. The first kappa shape index (κ1) is 15.8. The normalized spacial score (nSPS) is 10.3. The average Bonchev–Trinajstić information content (AvgIpc) is 2.38. The Balaban J connectivity index is 2.60. The molecule has 19 heavy (non-hydrogen) atoms. The molecule has 0 aromatic heterocycles. The van der Waals surface area contributed by atoms with Crippen LogP contribution in [-0.2, 0) is 4.79 Å². The van der Waals surface area contributed by atoms with Gasteiger partial charge in [0, 0.05) is 24.1 Å². The van der Waals surface area contributed by atoms with E-state index in [1.165, 1.54) is 0 Å². The molecule has 0 saturated carbocycles. The standard InChI is InChI=1S/C14H21ClN2O2/c1-4-6-16-7-5-14(18)17-12-8-10(2)11(15)9-13(12)19-3/h8-9,16H,4-7H2,1-3H3,(H,17,18). The molecule has 0 aliphatic carbocycles. The number of rotatable bonds is 7. The third-order valence-corrected chi connectivity index (χ3v) is 3.12. The number of carbonyl (C=O) groups is 1. The third kappa shape index (κ3) is 5.09. The summed E-state index contributed by atoms with van der Waals surface area (Å²) in [7, 11) is 1.56. The van der Waals surface area contributed by atoms with Crippen molar-refractivity contribution in [1.29, 1.82) is 0 Å². The number of anilines is 1. The van der Waals surface area contributed by atoms with Crippen molar-refractivity contribution in [2.24, 2.45) is 0 Å². The molecule has 0 saturated heterocycles. The fraction of sp³-hybridized carbons (Fsp3) is 0.500. The molecule has 0 spiro atoms. The number of hydrogen-bond donors (Lipinski definition) is 2. The van der Waals surface area contributed by atoms with E-state index in [0.717, 1.165) is 18.5 Å². The van der Waals surface area contributed by atoms with Gasteiger partial charge in [-0.3, -0.25) is 4.79 Å². The zero-order chi connectivity index (χ0) is 14.3. The molecule has 0 heterocycles. The van der Waals surface area contributed by atoms with Gasteiger partial charge in [0.15, 0.2) is 0 Å². The summed E-state index contributed by atoms with van der Waals surface area (Å²) >= 11 is 6.02. The Morgan fingerprint density at radius 3 is 2.74 bits per heavy atom.